The molecule has 3 rings (SSSR count). The van der Waals surface area contributed by atoms with Crippen molar-refractivity contribution in [3.63, 3.8) is 0 Å². The molecule has 2 saturated heterocycles. The molecule has 2 bridgehead atoms. The van der Waals surface area contributed by atoms with Crippen LogP contribution in [0.5, 0.6) is 0 Å². The van der Waals surface area contributed by atoms with Crippen molar-refractivity contribution in [1.29, 1.82) is 0 Å². The van der Waals surface area contributed by atoms with Crippen LogP contribution in [-0.2, 0) is 0 Å². The van der Waals surface area contributed by atoms with Crippen LogP contribution < -0.4 is 22.3 Å². The zero-order chi connectivity index (χ0) is 11.4. The lowest BCUT2D eigenvalue weighted by Crippen LogP contribution is -2.63. The van der Waals surface area contributed by atoms with E-state index in [1.54, 1.807) is 0 Å². The van der Waals surface area contributed by atoms with Gasteiger partial charge in [0.2, 0.25) is 0 Å². The topological polar surface area (TPSA) is 76.1 Å². The van der Waals surface area contributed by atoms with Crippen LogP contribution in [0.3, 0.4) is 0 Å². The molecule has 3 fully saturated rings. The number of hydrazine groups is 1. The normalized spacial score (nSPS) is 38.9. The summed E-state index contributed by atoms with van der Waals surface area (Å²) in [6.45, 7) is 1.27. The van der Waals surface area contributed by atoms with E-state index in [-0.39, 0.29) is 0 Å². The third kappa shape index (κ3) is 2.52. The third-order valence-corrected chi connectivity index (χ3v) is 3.58. The molecule has 4 atom stereocenters. The fraction of sp³-hybridized carbons (Fsp3) is 0.667. The average Bonchev–Trinajstić information content (AvgIpc) is 2.34. The van der Waals surface area contributed by atoms with Crippen LogP contribution in [0.1, 0.15) is 12.8 Å². The van der Waals surface area contributed by atoms with Gasteiger partial charge >= 0.3 is 0 Å². The Bertz CT molecular complexity index is 246. The van der Waals surface area contributed by atoms with Crippen LogP contribution in [0.2, 0.25) is 0 Å². The summed E-state index contributed by atoms with van der Waals surface area (Å²) < 4.78 is 0. The second kappa shape index (κ2) is 5.59. The van der Waals surface area contributed by atoms with Crippen molar-refractivity contribution in [2.45, 2.75) is 24.9 Å². The largest absolute Gasteiger partial charge is 0.327 e. The Morgan fingerprint density at radius 1 is 0.875 bits per heavy atom. The van der Waals surface area contributed by atoms with Gasteiger partial charge in [-0.2, -0.15) is 0 Å². The maximum atomic E-state index is 5.49. The average molecular weight is 222 g/mol. The molecule has 0 aromatic heterocycles. The van der Waals surface area contributed by atoms with Crippen molar-refractivity contribution in [2.75, 3.05) is 13.1 Å². The molecule has 0 radical (unpaired) electrons. The highest BCUT2D eigenvalue weighted by atomic mass is 15.4. The van der Waals surface area contributed by atoms with Crippen LogP contribution in [0.4, 0.5) is 0 Å². The van der Waals surface area contributed by atoms with E-state index in [0.29, 0.717) is 37.0 Å². The quantitative estimate of drug-likeness (QED) is 0.501. The molecule has 0 amide bonds. The molecule has 2 heterocycles. The molecule has 0 aromatic carbocycles. The van der Waals surface area contributed by atoms with Gasteiger partial charge in [-0.3, -0.25) is 10.9 Å². The first kappa shape index (κ1) is 11.8. The lowest BCUT2D eigenvalue weighted by Gasteiger charge is -2.46. The molecule has 6 N–H and O–H groups in total. The van der Waals surface area contributed by atoms with E-state index in [2.05, 4.69) is 35.2 Å². The van der Waals surface area contributed by atoms with Crippen molar-refractivity contribution in [1.82, 2.24) is 10.9 Å². The van der Waals surface area contributed by atoms with Crippen LogP contribution >= 0.6 is 0 Å². The maximum Gasteiger partial charge on any atom is 0.0282 e. The number of nitrogens with two attached hydrogens (primary N) is 2. The smallest absolute Gasteiger partial charge is 0.0282 e. The molecule has 3 aliphatic rings. The molecule has 2 aliphatic heterocycles. The SMILES string of the molecule is NC/C=C/C1CC2NNC1CC2/C=C/CN. The van der Waals surface area contributed by atoms with Gasteiger partial charge < -0.3 is 11.5 Å². The van der Waals surface area contributed by atoms with E-state index in [1.165, 1.54) is 12.8 Å². The minimum absolute atomic E-state index is 0.528. The Balaban J connectivity index is 1.95. The van der Waals surface area contributed by atoms with E-state index < -0.39 is 0 Å². The molecule has 1 aliphatic carbocycles. The van der Waals surface area contributed by atoms with Crippen LogP contribution in [-0.4, -0.2) is 25.2 Å². The second-order valence-electron chi connectivity index (χ2n) is 4.63. The molecule has 0 aromatic rings. The van der Waals surface area contributed by atoms with Gasteiger partial charge in [-0.25, -0.2) is 0 Å². The number of rotatable bonds is 4. The minimum Gasteiger partial charge on any atom is -0.327 e. The highest BCUT2D eigenvalue weighted by molar-refractivity contribution is 5.09. The summed E-state index contributed by atoms with van der Waals surface area (Å²) in [6, 6.07) is 1.06. The van der Waals surface area contributed by atoms with Gasteiger partial charge in [0.05, 0.1) is 0 Å². The van der Waals surface area contributed by atoms with Gasteiger partial charge in [0.15, 0.2) is 0 Å². The molecule has 0 spiro atoms. The number of fused-ring (bicyclic) bond motifs is 3. The lowest BCUT2D eigenvalue weighted by molar-refractivity contribution is 0.112. The third-order valence-electron chi connectivity index (χ3n) is 3.58. The molecule has 1 saturated carbocycles. The first-order valence-corrected chi connectivity index (χ1v) is 6.09. The lowest BCUT2D eigenvalue weighted by atomic mass is 9.73. The molecule has 90 valence electrons. The van der Waals surface area contributed by atoms with Crippen molar-refractivity contribution in [3.05, 3.63) is 24.3 Å². The zero-order valence-corrected chi connectivity index (χ0v) is 9.60. The van der Waals surface area contributed by atoms with Crippen molar-refractivity contribution < 1.29 is 0 Å². The summed E-state index contributed by atoms with van der Waals surface area (Å²) in [6.07, 6.45) is 11.0. The molecular formula is C12H22N4. The van der Waals surface area contributed by atoms with Crippen molar-refractivity contribution in [3.8, 4) is 0 Å². The van der Waals surface area contributed by atoms with Gasteiger partial charge in [-0.15, -0.1) is 0 Å². The zero-order valence-electron chi connectivity index (χ0n) is 9.60. The van der Waals surface area contributed by atoms with E-state index in [1.807, 2.05) is 0 Å². The summed E-state index contributed by atoms with van der Waals surface area (Å²) in [7, 11) is 0. The monoisotopic (exact) mass is 222 g/mol. The molecule has 4 unspecified atom stereocenters. The molecule has 4 heteroatoms. The van der Waals surface area contributed by atoms with Gasteiger partial charge in [-0.05, 0) is 24.7 Å². The molecule has 16 heavy (non-hydrogen) atoms. The van der Waals surface area contributed by atoms with Crippen LogP contribution in [0.25, 0.3) is 0 Å². The Morgan fingerprint density at radius 3 is 1.62 bits per heavy atom. The standard InChI is InChI=1S/C12H22N4/c13-5-1-3-9-7-12-10(4-2-6-14)8-11(9)15-16-12/h1-4,9-12,15-16H,5-8,13-14H2/b3-1+,4-2+. The van der Waals surface area contributed by atoms with E-state index >= 15 is 0 Å². The van der Waals surface area contributed by atoms with Crippen LogP contribution in [0, 0.1) is 11.8 Å². The Hall–Kier alpha value is -0.680. The first-order valence-electron chi connectivity index (χ1n) is 6.09. The fourth-order valence-corrected chi connectivity index (χ4v) is 2.74. The number of nitrogens with one attached hydrogen (secondary N) is 2. The fourth-order valence-electron chi connectivity index (χ4n) is 2.74. The highest BCUT2D eigenvalue weighted by Crippen LogP contribution is 2.34. The Labute approximate surface area is 97.1 Å². The van der Waals surface area contributed by atoms with Gasteiger partial charge in [0.1, 0.15) is 0 Å². The van der Waals surface area contributed by atoms with Crippen molar-refractivity contribution in [2.24, 2.45) is 23.3 Å². The molecular weight excluding hydrogens is 200 g/mol. The highest BCUT2D eigenvalue weighted by Gasteiger charge is 2.39. The van der Waals surface area contributed by atoms with Crippen LogP contribution in [0.15, 0.2) is 24.3 Å². The summed E-state index contributed by atoms with van der Waals surface area (Å²) in [5.41, 5.74) is 17.7. The maximum absolute atomic E-state index is 5.49. The minimum atomic E-state index is 0.528. The van der Waals surface area contributed by atoms with Crippen molar-refractivity contribution >= 4 is 0 Å². The Kier molecular flexibility index (Phi) is 4.12. The predicted molar refractivity (Wildman–Crippen MR) is 66.5 cm³/mol. The molecule has 4 nitrogen and oxygen atoms in total. The van der Waals surface area contributed by atoms with Gasteiger partial charge in [0.25, 0.3) is 0 Å². The predicted octanol–water partition coefficient (Wildman–Crippen LogP) is -0.113. The van der Waals surface area contributed by atoms with E-state index in [0.717, 1.165) is 0 Å². The summed E-state index contributed by atoms with van der Waals surface area (Å²) >= 11 is 0. The Morgan fingerprint density at radius 2 is 1.31 bits per heavy atom. The summed E-state index contributed by atoms with van der Waals surface area (Å²) in [5, 5.41) is 0. The van der Waals surface area contributed by atoms with Gasteiger partial charge in [-0.1, -0.05) is 24.3 Å². The van der Waals surface area contributed by atoms with Gasteiger partial charge in [0, 0.05) is 25.2 Å². The number of hydrogen-bond donors (Lipinski definition) is 4. The van der Waals surface area contributed by atoms with E-state index in [9.17, 15) is 0 Å². The first-order chi connectivity index (χ1) is 7.85. The summed E-state index contributed by atoms with van der Waals surface area (Å²) in [4.78, 5) is 0. The number of hydrogen-bond acceptors (Lipinski definition) is 4. The summed E-state index contributed by atoms with van der Waals surface area (Å²) in [5.74, 6) is 1.25. The second-order valence-corrected chi connectivity index (χ2v) is 4.63. The van der Waals surface area contributed by atoms with E-state index in [4.69, 9.17) is 11.5 Å².